The Morgan fingerprint density at radius 2 is 1.97 bits per heavy atom. The molecule has 1 aromatic rings. The lowest BCUT2D eigenvalue weighted by Crippen LogP contribution is -2.36. The molecule has 2 saturated heterocycles. The van der Waals surface area contributed by atoms with Crippen molar-refractivity contribution in [3.05, 3.63) is 39.9 Å². The molecule has 0 aliphatic carbocycles. The molecule has 1 aromatic carbocycles. The molecule has 2 heterocycles. The minimum absolute atomic E-state index is 0.0928. The summed E-state index contributed by atoms with van der Waals surface area (Å²) in [5.74, 6) is -0.0213. The molecular formula is C21H27Cl2N3O3. The lowest BCUT2D eigenvalue weighted by molar-refractivity contribution is -0.130. The molecule has 6 nitrogen and oxygen atoms in total. The van der Waals surface area contributed by atoms with E-state index in [-0.39, 0.29) is 17.9 Å². The van der Waals surface area contributed by atoms with Crippen LogP contribution in [0, 0.1) is 0 Å². The van der Waals surface area contributed by atoms with Gasteiger partial charge in [-0.1, -0.05) is 29.3 Å². The molecule has 0 bridgehead atoms. The highest BCUT2D eigenvalue weighted by atomic mass is 35.5. The molecule has 0 saturated carbocycles. The standard InChI is InChI=1S/C21H27Cl2N3O3/c22-18-4-2-16(14-19(18)23)3-5-20(28)26-11-7-21(29)25(12-13-26)9-1-8-24-10-6-17(27)15-24/h2-5,14,17,27H,1,6-13,15H2. The molecule has 3 rings (SSSR count). The maximum absolute atomic E-state index is 12.5. The molecule has 8 heteroatoms. The molecule has 2 aliphatic heterocycles. The summed E-state index contributed by atoms with van der Waals surface area (Å²) in [6.45, 7) is 4.72. The molecule has 2 aliphatic rings. The van der Waals surface area contributed by atoms with Crippen molar-refractivity contribution in [3.8, 4) is 0 Å². The third-order valence-electron chi connectivity index (χ3n) is 5.41. The van der Waals surface area contributed by atoms with E-state index in [1.54, 1.807) is 29.2 Å². The van der Waals surface area contributed by atoms with Crippen molar-refractivity contribution in [2.24, 2.45) is 0 Å². The van der Waals surface area contributed by atoms with Gasteiger partial charge < -0.3 is 19.8 Å². The highest BCUT2D eigenvalue weighted by molar-refractivity contribution is 6.42. The number of rotatable bonds is 6. The van der Waals surface area contributed by atoms with Crippen LogP contribution in [0.15, 0.2) is 24.3 Å². The fourth-order valence-electron chi connectivity index (χ4n) is 3.71. The average Bonchev–Trinajstić information content (AvgIpc) is 3.02. The van der Waals surface area contributed by atoms with Gasteiger partial charge in [-0.2, -0.15) is 0 Å². The summed E-state index contributed by atoms with van der Waals surface area (Å²) in [5.41, 5.74) is 0.798. The normalized spacial score (nSPS) is 21.2. The topological polar surface area (TPSA) is 64.1 Å². The van der Waals surface area contributed by atoms with Crippen LogP contribution in [0.5, 0.6) is 0 Å². The van der Waals surface area contributed by atoms with Crippen molar-refractivity contribution in [2.75, 3.05) is 45.8 Å². The van der Waals surface area contributed by atoms with Crippen LogP contribution in [-0.2, 0) is 9.59 Å². The third kappa shape index (κ3) is 6.44. The first kappa shape index (κ1) is 22.1. The summed E-state index contributed by atoms with van der Waals surface area (Å²) in [4.78, 5) is 30.7. The number of aliphatic hydroxyl groups is 1. The van der Waals surface area contributed by atoms with E-state index in [1.165, 1.54) is 6.08 Å². The Bertz CT molecular complexity index is 772. The molecule has 2 amide bonds. The minimum Gasteiger partial charge on any atom is -0.392 e. The van der Waals surface area contributed by atoms with E-state index in [4.69, 9.17) is 23.2 Å². The fraction of sp³-hybridized carbons (Fsp3) is 0.524. The van der Waals surface area contributed by atoms with Gasteiger partial charge in [-0.3, -0.25) is 9.59 Å². The fourth-order valence-corrected chi connectivity index (χ4v) is 4.02. The number of amides is 2. The zero-order chi connectivity index (χ0) is 20.8. The number of benzene rings is 1. The quantitative estimate of drug-likeness (QED) is 0.691. The molecule has 1 N–H and O–H groups in total. The van der Waals surface area contributed by atoms with Crippen LogP contribution in [0.4, 0.5) is 0 Å². The monoisotopic (exact) mass is 439 g/mol. The summed E-state index contributed by atoms with van der Waals surface area (Å²) >= 11 is 11.9. The van der Waals surface area contributed by atoms with E-state index < -0.39 is 0 Å². The highest BCUT2D eigenvalue weighted by Gasteiger charge is 2.24. The van der Waals surface area contributed by atoms with Gasteiger partial charge in [0.2, 0.25) is 11.8 Å². The third-order valence-corrected chi connectivity index (χ3v) is 6.15. The first-order valence-electron chi connectivity index (χ1n) is 10.0. The Morgan fingerprint density at radius 3 is 2.69 bits per heavy atom. The number of hydrogen-bond acceptors (Lipinski definition) is 4. The number of carbonyl (C=O) groups is 2. The summed E-state index contributed by atoms with van der Waals surface area (Å²) in [5, 5.41) is 10.5. The molecule has 0 radical (unpaired) electrons. The van der Waals surface area contributed by atoms with Crippen LogP contribution in [0.25, 0.3) is 6.08 Å². The summed E-state index contributed by atoms with van der Waals surface area (Å²) in [6, 6.07) is 5.20. The van der Waals surface area contributed by atoms with Crippen molar-refractivity contribution in [2.45, 2.75) is 25.4 Å². The lowest BCUT2D eigenvalue weighted by atomic mass is 10.2. The van der Waals surface area contributed by atoms with E-state index in [0.29, 0.717) is 42.6 Å². The molecule has 1 unspecified atom stereocenters. The Kier molecular flexibility index (Phi) is 7.95. The molecule has 0 aromatic heterocycles. The zero-order valence-electron chi connectivity index (χ0n) is 16.4. The van der Waals surface area contributed by atoms with Crippen LogP contribution < -0.4 is 0 Å². The van der Waals surface area contributed by atoms with Gasteiger partial charge in [0.25, 0.3) is 0 Å². The van der Waals surface area contributed by atoms with Crippen LogP contribution in [0.2, 0.25) is 10.0 Å². The van der Waals surface area contributed by atoms with Crippen molar-refractivity contribution >= 4 is 41.1 Å². The van der Waals surface area contributed by atoms with Gasteiger partial charge in [0.15, 0.2) is 0 Å². The van der Waals surface area contributed by atoms with E-state index in [9.17, 15) is 14.7 Å². The van der Waals surface area contributed by atoms with E-state index in [1.807, 2.05) is 4.90 Å². The van der Waals surface area contributed by atoms with Crippen molar-refractivity contribution in [1.29, 1.82) is 0 Å². The molecule has 29 heavy (non-hydrogen) atoms. The van der Waals surface area contributed by atoms with Gasteiger partial charge in [-0.15, -0.1) is 0 Å². The van der Waals surface area contributed by atoms with Crippen LogP contribution in [-0.4, -0.2) is 83.5 Å². The zero-order valence-corrected chi connectivity index (χ0v) is 17.9. The van der Waals surface area contributed by atoms with Gasteiger partial charge in [-0.25, -0.2) is 0 Å². The number of β-amino-alcohol motifs (C(OH)–C–C–N with tert-alkyl or cyclic N) is 1. The number of likely N-dealkylation sites (tertiary alicyclic amines) is 1. The molecule has 0 spiro atoms. The number of aliphatic hydroxyl groups excluding tert-OH is 1. The van der Waals surface area contributed by atoms with E-state index in [2.05, 4.69) is 4.90 Å². The molecule has 2 fully saturated rings. The van der Waals surface area contributed by atoms with E-state index >= 15 is 0 Å². The first-order chi connectivity index (χ1) is 13.9. The Hall–Kier alpha value is -1.60. The maximum Gasteiger partial charge on any atom is 0.246 e. The second-order valence-corrected chi connectivity index (χ2v) is 8.37. The number of nitrogens with zero attached hydrogens (tertiary/aromatic N) is 3. The van der Waals surface area contributed by atoms with Crippen molar-refractivity contribution < 1.29 is 14.7 Å². The highest BCUT2D eigenvalue weighted by Crippen LogP contribution is 2.23. The average molecular weight is 440 g/mol. The lowest BCUT2D eigenvalue weighted by Gasteiger charge is -2.23. The second-order valence-electron chi connectivity index (χ2n) is 7.56. The van der Waals surface area contributed by atoms with Gasteiger partial charge in [0.1, 0.15) is 0 Å². The summed E-state index contributed by atoms with van der Waals surface area (Å²) in [7, 11) is 0. The van der Waals surface area contributed by atoms with Crippen LogP contribution >= 0.6 is 23.2 Å². The second kappa shape index (κ2) is 10.4. The minimum atomic E-state index is -0.216. The van der Waals surface area contributed by atoms with Gasteiger partial charge in [0, 0.05) is 51.8 Å². The van der Waals surface area contributed by atoms with Gasteiger partial charge in [-0.05, 0) is 43.2 Å². The summed E-state index contributed by atoms with van der Waals surface area (Å²) in [6.07, 6.45) is 5.05. The molecule has 1 atom stereocenters. The smallest absolute Gasteiger partial charge is 0.246 e. The molecular weight excluding hydrogens is 413 g/mol. The Morgan fingerprint density at radius 1 is 1.14 bits per heavy atom. The SMILES string of the molecule is O=C(C=Cc1ccc(Cl)c(Cl)c1)N1CCC(=O)N(CCCN2CCC(O)C2)CC1. The van der Waals surface area contributed by atoms with Gasteiger partial charge >= 0.3 is 0 Å². The molecule has 158 valence electrons. The predicted octanol–water partition coefficient (Wildman–Crippen LogP) is 2.52. The predicted molar refractivity (Wildman–Crippen MR) is 115 cm³/mol. The number of halogens is 2. The van der Waals surface area contributed by atoms with Crippen molar-refractivity contribution in [3.63, 3.8) is 0 Å². The number of hydrogen-bond donors (Lipinski definition) is 1. The first-order valence-corrected chi connectivity index (χ1v) is 10.8. The maximum atomic E-state index is 12.5. The largest absolute Gasteiger partial charge is 0.392 e. The van der Waals surface area contributed by atoms with Crippen LogP contribution in [0.3, 0.4) is 0 Å². The Labute approximate surface area is 181 Å². The summed E-state index contributed by atoms with van der Waals surface area (Å²) < 4.78 is 0. The Balaban J connectivity index is 1.47. The number of carbonyl (C=O) groups excluding carboxylic acids is 2. The van der Waals surface area contributed by atoms with Crippen LogP contribution in [0.1, 0.15) is 24.8 Å². The van der Waals surface area contributed by atoms with Crippen molar-refractivity contribution in [1.82, 2.24) is 14.7 Å². The van der Waals surface area contributed by atoms with Gasteiger partial charge in [0.05, 0.1) is 16.1 Å². The van der Waals surface area contributed by atoms with E-state index in [0.717, 1.165) is 38.0 Å².